The Morgan fingerprint density at radius 1 is 1.40 bits per heavy atom. The summed E-state index contributed by atoms with van der Waals surface area (Å²) in [6.45, 7) is 6.27. The zero-order valence-corrected chi connectivity index (χ0v) is 9.19. The maximum absolute atomic E-state index is 9.51. The highest BCUT2D eigenvalue weighted by Gasteiger charge is 2.11. The van der Waals surface area contributed by atoms with Crippen molar-refractivity contribution in [2.45, 2.75) is 32.0 Å². The normalized spacial score (nSPS) is 14.5. The molecule has 0 unspecified atom stereocenters. The number of aliphatic hydroxyl groups excluding tert-OH is 1. The summed E-state index contributed by atoms with van der Waals surface area (Å²) in [4.78, 5) is 0. The van der Waals surface area contributed by atoms with E-state index < -0.39 is 0 Å². The van der Waals surface area contributed by atoms with Crippen molar-refractivity contribution in [1.82, 2.24) is 5.32 Å². The molecule has 2 nitrogen and oxygen atoms in total. The molecule has 1 rings (SSSR count). The summed E-state index contributed by atoms with van der Waals surface area (Å²) in [6.07, 6.45) is 2.26. The summed E-state index contributed by atoms with van der Waals surface area (Å²) in [5.74, 6) is 0. The first kappa shape index (κ1) is 12.0. The molecule has 0 saturated heterocycles. The fourth-order valence-corrected chi connectivity index (χ4v) is 1.48. The molecule has 0 spiro atoms. The number of aliphatic hydroxyl groups is 1. The van der Waals surface area contributed by atoms with Crippen LogP contribution in [0.5, 0.6) is 0 Å². The largest absolute Gasteiger partial charge is 0.392 e. The Hall–Kier alpha value is -1.12. The van der Waals surface area contributed by atoms with Crippen molar-refractivity contribution in [2.75, 3.05) is 0 Å². The Bertz CT molecular complexity index is 282. The highest BCUT2D eigenvalue weighted by molar-refractivity contribution is 5.14. The molecule has 0 aliphatic carbocycles. The summed E-state index contributed by atoms with van der Waals surface area (Å²) in [5, 5.41) is 12.8. The third kappa shape index (κ3) is 4.28. The minimum absolute atomic E-state index is 0.0858. The minimum atomic E-state index is -0.355. The quantitative estimate of drug-likeness (QED) is 0.697. The lowest BCUT2D eigenvalue weighted by atomic mass is 10.1. The third-order valence-electron chi connectivity index (χ3n) is 2.41. The first-order valence-corrected chi connectivity index (χ1v) is 5.30. The zero-order valence-electron chi connectivity index (χ0n) is 9.19. The maximum Gasteiger partial charge on any atom is 0.0668 e. The van der Waals surface area contributed by atoms with Crippen molar-refractivity contribution in [2.24, 2.45) is 0 Å². The Morgan fingerprint density at radius 2 is 2.07 bits per heavy atom. The average molecular weight is 205 g/mol. The Balaban J connectivity index is 2.43. The Kier molecular flexibility index (Phi) is 5.08. The number of hydrogen-bond acceptors (Lipinski definition) is 2. The lowest BCUT2D eigenvalue weighted by Crippen LogP contribution is -2.37. The molecular formula is C13H19NO. The van der Waals surface area contributed by atoms with Crippen LogP contribution in [-0.2, 0) is 6.54 Å². The van der Waals surface area contributed by atoms with Gasteiger partial charge in [-0.05, 0) is 18.9 Å². The van der Waals surface area contributed by atoms with E-state index >= 15 is 0 Å². The van der Waals surface area contributed by atoms with E-state index in [9.17, 15) is 5.11 Å². The lowest BCUT2D eigenvalue weighted by molar-refractivity contribution is 0.145. The molecule has 0 aliphatic rings. The van der Waals surface area contributed by atoms with E-state index in [4.69, 9.17) is 0 Å². The minimum Gasteiger partial charge on any atom is -0.392 e. The molecule has 15 heavy (non-hydrogen) atoms. The van der Waals surface area contributed by atoms with Crippen molar-refractivity contribution in [3.63, 3.8) is 0 Å². The topological polar surface area (TPSA) is 32.3 Å². The van der Waals surface area contributed by atoms with Crippen LogP contribution < -0.4 is 5.32 Å². The summed E-state index contributed by atoms with van der Waals surface area (Å²) < 4.78 is 0. The van der Waals surface area contributed by atoms with Gasteiger partial charge in [0.2, 0.25) is 0 Å². The van der Waals surface area contributed by atoms with Crippen LogP contribution in [0.4, 0.5) is 0 Å². The summed E-state index contributed by atoms with van der Waals surface area (Å²) in [6, 6.07) is 10.3. The van der Waals surface area contributed by atoms with Crippen LogP contribution in [0.1, 0.15) is 18.9 Å². The van der Waals surface area contributed by atoms with Gasteiger partial charge < -0.3 is 10.4 Å². The van der Waals surface area contributed by atoms with E-state index in [1.165, 1.54) is 5.56 Å². The Morgan fingerprint density at radius 3 is 2.60 bits per heavy atom. The molecular weight excluding hydrogens is 186 g/mol. The third-order valence-corrected chi connectivity index (χ3v) is 2.41. The molecule has 1 aromatic carbocycles. The van der Waals surface area contributed by atoms with E-state index in [1.54, 1.807) is 6.92 Å². The van der Waals surface area contributed by atoms with Crippen molar-refractivity contribution >= 4 is 0 Å². The summed E-state index contributed by atoms with van der Waals surface area (Å²) in [5.41, 5.74) is 1.23. The van der Waals surface area contributed by atoms with Crippen LogP contribution in [0, 0.1) is 0 Å². The molecule has 0 fully saturated rings. The second-order valence-corrected chi connectivity index (χ2v) is 3.74. The molecule has 0 aromatic heterocycles. The van der Waals surface area contributed by atoms with E-state index in [2.05, 4.69) is 24.0 Å². The number of nitrogens with one attached hydrogen (secondary N) is 1. The van der Waals surface area contributed by atoms with Gasteiger partial charge in [-0.3, -0.25) is 0 Å². The van der Waals surface area contributed by atoms with Gasteiger partial charge in [-0.1, -0.05) is 36.4 Å². The molecule has 0 amide bonds. The van der Waals surface area contributed by atoms with Crippen LogP contribution >= 0.6 is 0 Å². The molecule has 0 saturated carbocycles. The molecule has 1 aromatic rings. The first-order chi connectivity index (χ1) is 7.24. The van der Waals surface area contributed by atoms with Crippen LogP contribution in [-0.4, -0.2) is 17.3 Å². The van der Waals surface area contributed by atoms with Gasteiger partial charge in [-0.25, -0.2) is 0 Å². The highest BCUT2D eigenvalue weighted by Crippen LogP contribution is 2.03. The van der Waals surface area contributed by atoms with Crippen LogP contribution in [0.3, 0.4) is 0 Å². The van der Waals surface area contributed by atoms with Crippen molar-refractivity contribution in [1.29, 1.82) is 0 Å². The molecule has 2 atom stereocenters. The SMILES string of the molecule is C=CC[C@H](NCc1ccccc1)[C@H](C)O. The Labute approximate surface area is 91.6 Å². The summed E-state index contributed by atoms with van der Waals surface area (Å²) >= 11 is 0. The van der Waals surface area contributed by atoms with Gasteiger partial charge in [0.15, 0.2) is 0 Å². The van der Waals surface area contributed by atoms with Gasteiger partial charge in [-0.15, -0.1) is 6.58 Å². The second kappa shape index (κ2) is 6.38. The van der Waals surface area contributed by atoms with Gasteiger partial charge in [0, 0.05) is 12.6 Å². The van der Waals surface area contributed by atoms with Crippen molar-refractivity contribution in [3.05, 3.63) is 48.6 Å². The second-order valence-electron chi connectivity index (χ2n) is 3.74. The molecule has 2 N–H and O–H groups in total. The standard InChI is InChI=1S/C13H19NO/c1-3-7-13(11(2)15)14-10-12-8-5-4-6-9-12/h3-6,8-9,11,13-15H,1,7,10H2,2H3/t11-,13-/m0/s1. The lowest BCUT2D eigenvalue weighted by Gasteiger charge is -2.19. The smallest absolute Gasteiger partial charge is 0.0668 e. The van der Waals surface area contributed by atoms with Gasteiger partial charge in [0.25, 0.3) is 0 Å². The van der Waals surface area contributed by atoms with E-state index in [-0.39, 0.29) is 12.1 Å². The van der Waals surface area contributed by atoms with Crippen LogP contribution in [0.25, 0.3) is 0 Å². The number of benzene rings is 1. The molecule has 82 valence electrons. The predicted octanol–water partition coefficient (Wildman–Crippen LogP) is 2.10. The van der Waals surface area contributed by atoms with E-state index in [0.29, 0.717) is 0 Å². The molecule has 2 heteroatoms. The fourth-order valence-electron chi connectivity index (χ4n) is 1.48. The summed E-state index contributed by atoms with van der Waals surface area (Å²) in [7, 11) is 0. The van der Waals surface area contributed by atoms with E-state index in [0.717, 1.165) is 13.0 Å². The van der Waals surface area contributed by atoms with Crippen molar-refractivity contribution < 1.29 is 5.11 Å². The monoisotopic (exact) mass is 205 g/mol. The van der Waals surface area contributed by atoms with Gasteiger partial charge >= 0.3 is 0 Å². The fraction of sp³-hybridized carbons (Fsp3) is 0.385. The molecule has 0 heterocycles. The number of rotatable bonds is 6. The van der Waals surface area contributed by atoms with Gasteiger partial charge in [0.1, 0.15) is 0 Å². The van der Waals surface area contributed by atoms with Gasteiger partial charge in [0.05, 0.1) is 6.10 Å². The molecule has 0 bridgehead atoms. The van der Waals surface area contributed by atoms with Crippen molar-refractivity contribution in [3.8, 4) is 0 Å². The molecule has 0 aliphatic heterocycles. The van der Waals surface area contributed by atoms with Crippen LogP contribution in [0.15, 0.2) is 43.0 Å². The maximum atomic E-state index is 9.51. The van der Waals surface area contributed by atoms with Crippen LogP contribution in [0.2, 0.25) is 0 Å². The number of hydrogen-bond donors (Lipinski definition) is 2. The predicted molar refractivity (Wildman–Crippen MR) is 63.6 cm³/mol. The first-order valence-electron chi connectivity index (χ1n) is 5.30. The van der Waals surface area contributed by atoms with E-state index in [1.807, 2.05) is 24.3 Å². The average Bonchev–Trinajstić information content (AvgIpc) is 2.25. The van der Waals surface area contributed by atoms with Gasteiger partial charge in [-0.2, -0.15) is 0 Å². The molecule has 0 radical (unpaired) electrons. The zero-order chi connectivity index (χ0) is 11.1. The highest BCUT2D eigenvalue weighted by atomic mass is 16.3.